The highest BCUT2D eigenvalue weighted by Crippen LogP contribution is 2.42. The van der Waals surface area contributed by atoms with Crippen LogP contribution in [-0.2, 0) is 16.1 Å². The van der Waals surface area contributed by atoms with Crippen molar-refractivity contribution in [3.63, 3.8) is 0 Å². The fraction of sp³-hybridized carbons (Fsp3) is 0.381. The third kappa shape index (κ3) is 4.54. The molecule has 1 aromatic carbocycles. The monoisotopic (exact) mass is 396 g/mol. The summed E-state index contributed by atoms with van der Waals surface area (Å²) in [7, 11) is 0. The number of benzene rings is 1. The molecule has 0 atom stereocenters. The molecule has 0 unspecified atom stereocenters. The third-order valence-electron chi connectivity index (χ3n) is 5.00. The number of carbonyl (C=O) groups is 1. The van der Waals surface area contributed by atoms with Gasteiger partial charge in [0.15, 0.2) is 5.82 Å². The van der Waals surface area contributed by atoms with Gasteiger partial charge in [-0.15, -0.1) is 0 Å². The van der Waals surface area contributed by atoms with Crippen LogP contribution < -0.4 is 5.32 Å². The molecule has 0 aliphatic carbocycles. The summed E-state index contributed by atoms with van der Waals surface area (Å²) in [6.45, 7) is 5.25. The molecule has 1 saturated heterocycles. The van der Waals surface area contributed by atoms with E-state index < -0.39 is 0 Å². The number of rotatable bonds is 5. The van der Waals surface area contributed by atoms with Gasteiger partial charge in [-0.1, -0.05) is 23.9 Å². The maximum atomic E-state index is 11.5. The van der Waals surface area contributed by atoms with E-state index in [0.29, 0.717) is 12.5 Å². The van der Waals surface area contributed by atoms with Crippen molar-refractivity contribution in [3.8, 4) is 0 Å². The molecule has 0 bridgehead atoms. The highest BCUT2D eigenvalue weighted by atomic mass is 32.2. The van der Waals surface area contributed by atoms with E-state index in [2.05, 4.69) is 38.4 Å². The zero-order valence-corrected chi connectivity index (χ0v) is 16.7. The van der Waals surface area contributed by atoms with Crippen LogP contribution in [0.5, 0.6) is 0 Å². The molecule has 0 spiro atoms. The highest BCUT2D eigenvalue weighted by Gasteiger charge is 2.20. The van der Waals surface area contributed by atoms with Crippen molar-refractivity contribution in [2.75, 3.05) is 25.0 Å². The lowest BCUT2D eigenvalue weighted by Gasteiger charge is -2.31. The first kappa shape index (κ1) is 19.0. The van der Waals surface area contributed by atoms with Crippen LogP contribution in [0.4, 0.5) is 11.5 Å². The predicted molar refractivity (Wildman–Crippen MR) is 110 cm³/mol. The normalized spacial score (nSPS) is 17.0. The Labute approximate surface area is 169 Å². The Hall–Kier alpha value is -2.38. The SMILES string of the molecule is CCOC(=O)/C=C/C1CCN(Cc2ccc3c(c2)Nc2nccnc2S3)CC1. The highest BCUT2D eigenvalue weighted by molar-refractivity contribution is 7.99. The Morgan fingerprint density at radius 3 is 2.96 bits per heavy atom. The maximum absolute atomic E-state index is 11.5. The second kappa shape index (κ2) is 8.75. The minimum absolute atomic E-state index is 0.240. The quantitative estimate of drug-likeness (QED) is 0.516. The molecule has 28 heavy (non-hydrogen) atoms. The van der Waals surface area contributed by atoms with Gasteiger partial charge in [0.05, 0.1) is 12.3 Å². The molecule has 3 heterocycles. The summed E-state index contributed by atoms with van der Waals surface area (Å²) in [6.07, 6.45) is 9.15. The van der Waals surface area contributed by atoms with Crippen LogP contribution in [0.2, 0.25) is 0 Å². The molecule has 2 aliphatic heterocycles. The lowest BCUT2D eigenvalue weighted by atomic mass is 9.96. The Balaban J connectivity index is 1.32. The largest absolute Gasteiger partial charge is 0.463 e. The first-order valence-corrected chi connectivity index (χ1v) is 10.5. The average Bonchev–Trinajstić information content (AvgIpc) is 2.72. The third-order valence-corrected chi connectivity index (χ3v) is 6.07. The van der Waals surface area contributed by atoms with Crippen LogP contribution in [0.15, 0.2) is 52.7 Å². The predicted octanol–water partition coefficient (Wildman–Crippen LogP) is 4.02. The van der Waals surface area contributed by atoms with E-state index in [9.17, 15) is 4.79 Å². The van der Waals surface area contributed by atoms with Crippen molar-refractivity contribution >= 4 is 29.2 Å². The fourth-order valence-electron chi connectivity index (χ4n) is 3.55. The maximum Gasteiger partial charge on any atom is 0.330 e. The molecule has 2 aromatic rings. The van der Waals surface area contributed by atoms with Crippen LogP contribution in [0.1, 0.15) is 25.3 Å². The number of esters is 1. The molecule has 1 N–H and O–H groups in total. The number of nitrogens with zero attached hydrogens (tertiary/aromatic N) is 3. The Morgan fingerprint density at radius 1 is 1.32 bits per heavy atom. The Morgan fingerprint density at radius 2 is 2.14 bits per heavy atom. The van der Waals surface area contributed by atoms with E-state index in [1.54, 1.807) is 30.2 Å². The van der Waals surface area contributed by atoms with Crippen molar-refractivity contribution in [2.45, 2.75) is 36.2 Å². The minimum atomic E-state index is -0.240. The van der Waals surface area contributed by atoms with Gasteiger partial charge in [0.25, 0.3) is 0 Å². The van der Waals surface area contributed by atoms with Crippen LogP contribution in [0.25, 0.3) is 0 Å². The zero-order valence-electron chi connectivity index (χ0n) is 15.9. The summed E-state index contributed by atoms with van der Waals surface area (Å²) >= 11 is 1.65. The van der Waals surface area contributed by atoms with Crippen molar-refractivity contribution in [1.82, 2.24) is 14.9 Å². The summed E-state index contributed by atoms with van der Waals surface area (Å²) < 4.78 is 4.95. The van der Waals surface area contributed by atoms with Crippen molar-refractivity contribution in [2.24, 2.45) is 5.92 Å². The molecule has 0 amide bonds. The van der Waals surface area contributed by atoms with Crippen LogP contribution in [0.3, 0.4) is 0 Å². The number of likely N-dealkylation sites (tertiary alicyclic amines) is 1. The Kier molecular flexibility index (Phi) is 5.92. The van der Waals surface area contributed by atoms with Crippen molar-refractivity contribution in [1.29, 1.82) is 0 Å². The number of carbonyl (C=O) groups excluding carboxylic acids is 1. The van der Waals surface area contributed by atoms with Gasteiger partial charge in [0.2, 0.25) is 0 Å². The summed E-state index contributed by atoms with van der Waals surface area (Å²) in [5.41, 5.74) is 2.39. The van der Waals surface area contributed by atoms with Gasteiger partial charge in [-0.05, 0) is 56.5 Å². The van der Waals surface area contributed by atoms with Gasteiger partial charge in [-0.2, -0.15) is 0 Å². The Bertz CT molecular complexity index is 878. The summed E-state index contributed by atoms with van der Waals surface area (Å²) in [6, 6.07) is 6.57. The van der Waals surface area contributed by atoms with Crippen molar-refractivity contribution in [3.05, 3.63) is 48.3 Å². The van der Waals surface area contributed by atoms with E-state index in [-0.39, 0.29) is 5.97 Å². The van der Waals surface area contributed by atoms with Gasteiger partial charge < -0.3 is 10.1 Å². The van der Waals surface area contributed by atoms with Gasteiger partial charge in [-0.3, -0.25) is 4.90 Å². The fourth-order valence-corrected chi connectivity index (χ4v) is 4.42. The second-order valence-electron chi connectivity index (χ2n) is 6.99. The van der Waals surface area contributed by atoms with E-state index in [4.69, 9.17) is 4.74 Å². The van der Waals surface area contributed by atoms with Gasteiger partial charge in [0.1, 0.15) is 5.03 Å². The molecule has 2 aliphatic rings. The molecule has 0 saturated carbocycles. The second-order valence-corrected chi connectivity index (χ2v) is 8.02. The molecular weight excluding hydrogens is 372 g/mol. The summed E-state index contributed by atoms with van der Waals surface area (Å²) in [4.78, 5) is 23.8. The van der Waals surface area contributed by atoms with E-state index in [1.807, 2.05) is 13.0 Å². The molecular formula is C21H24N4O2S. The average molecular weight is 397 g/mol. The lowest BCUT2D eigenvalue weighted by molar-refractivity contribution is -0.137. The van der Waals surface area contributed by atoms with Crippen LogP contribution in [-0.4, -0.2) is 40.5 Å². The first-order chi connectivity index (χ1) is 13.7. The molecule has 4 rings (SSSR count). The van der Waals surface area contributed by atoms with Gasteiger partial charge in [0, 0.05) is 29.9 Å². The molecule has 146 valence electrons. The van der Waals surface area contributed by atoms with E-state index in [1.165, 1.54) is 10.5 Å². The molecule has 1 fully saturated rings. The van der Waals surface area contributed by atoms with Gasteiger partial charge >= 0.3 is 5.97 Å². The smallest absolute Gasteiger partial charge is 0.330 e. The van der Waals surface area contributed by atoms with Crippen molar-refractivity contribution < 1.29 is 9.53 Å². The molecule has 1 aromatic heterocycles. The number of piperidine rings is 1. The zero-order chi connectivity index (χ0) is 19.3. The standard InChI is InChI=1S/C21H24N4O2S/c1-2-27-19(26)6-4-15-7-11-25(12-8-15)14-16-3-5-18-17(13-16)24-20-21(28-18)23-10-9-22-20/h3-6,9-10,13,15H,2,7-8,11-12,14H2,1H3,(H,22,24)/b6-4+. The topological polar surface area (TPSA) is 67.3 Å². The molecule has 6 nitrogen and oxygen atoms in total. The number of anilines is 2. The number of hydrogen-bond donors (Lipinski definition) is 1. The minimum Gasteiger partial charge on any atom is -0.463 e. The summed E-state index contributed by atoms with van der Waals surface area (Å²) in [5, 5.41) is 4.31. The number of fused-ring (bicyclic) bond motifs is 2. The van der Waals surface area contributed by atoms with E-state index in [0.717, 1.165) is 49.0 Å². The molecule has 0 radical (unpaired) electrons. The molecule has 7 heteroatoms. The number of allylic oxidation sites excluding steroid dienone is 1. The van der Waals surface area contributed by atoms with Crippen LogP contribution in [0, 0.1) is 5.92 Å². The number of hydrogen-bond acceptors (Lipinski definition) is 7. The van der Waals surface area contributed by atoms with Crippen LogP contribution >= 0.6 is 11.8 Å². The van der Waals surface area contributed by atoms with Gasteiger partial charge in [-0.25, -0.2) is 14.8 Å². The lowest BCUT2D eigenvalue weighted by Crippen LogP contribution is -2.32. The first-order valence-electron chi connectivity index (χ1n) is 9.67. The summed E-state index contributed by atoms with van der Waals surface area (Å²) in [5.74, 6) is 1.04. The van der Waals surface area contributed by atoms with E-state index >= 15 is 0 Å². The number of aromatic nitrogens is 2. The number of ether oxygens (including phenoxy) is 1. The number of nitrogens with one attached hydrogen (secondary N) is 1.